The summed E-state index contributed by atoms with van der Waals surface area (Å²) in [5.74, 6) is -3.14. The minimum absolute atomic E-state index is 0.154. The first kappa shape index (κ1) is 12.5. The second-order valence-corrected chi connectivity index (χ2v) is 5.03. The van der Waals surface area contributed by atoms with Crippen molar-refractivity contribution in [3.63, 3.8) is 0 Å². The second kappa shape index (κ2) is 5.14. The maximum Gasteiger partial charge on any atom is 0.307 e. The van der Waals surface area contributed by atoms with Gasteiger partial charge in [0.05, 0.1) is 27.6 Å². The number of thiazole rings is 1. The van der Waals surface area contributed by atoms with Crippen molar-refractivity contribution in [1.29, 1.82) is 0 Å². The quantitative estimate of drug-likeness (QED) is 0.863. The Morgan fingerprint density at radius 1 is 1.28 bits per heavy atom. The van der Waals surface area contributed by atoms with Crippen LogP contribution in [0.15, 0.2) is 24.3 Å². The van der Waals surface area contributed by atoms with Crippen LogP contribution in [0.5, 0.6) is 0 Å². The van der Waals surface area contributed by atoms with Crippen molar-refractivity contribution in [2.75, 3.05) is 0 Å². The molecule has 94 valence electrons. The summed E-state index contributed by atoms with van der Waals surface area (Å²) in [5, 5.41) is 18.3. The van der Waals surface area contributed by atoms with Crippen LogP contribution in [0.1, 0.15) is 11.4 Å². The predicted molar refractivity (Wildman–Crippen MR) is 66.7 cm³/mol. The van der Waals surface area contributed by atoms with Gasteiger partial charge in [-0.2, -0.15) is 0 Å². The summed E-state index contributed by atoms with van der Waals surface area (Å²) in [5.41, 5.74) is 0.817. The van der Waals surface area contributed by atoms with Gasteiger partial charge in [0.2, 0.25) is 0 Å². The molecule has 1 aromatic carbocycles. The van der Waals surface area contributed by atoms with Crippen LogP contribution >= 0.6 is 11.3 Å². The van der Waals surface area contributed by atoms with Crippen molar-refractivity contribution in [2.24, 2.45) is 5.92 Å². The van der Waals surface area contributed by atoms with Gasteiger partial charge in [-0.3, -0.25) is 9.59 Å². The number of hydrogen-bond acceptors (Lipinski definition) is 4. The molecule has 1 atom stereocenters. The van der Waals surface area contributed by atoms with Crippen LogP contribution in [-0.4, -0.2) is 27.1 Å². The van der Waals surface area contributed by atoms with Crippen molar-refractivity contribution in [3.8, 4) is 0 Å². The van der Waals surface area contributed by atoms with E-state index in [0.29, 0.717) is 5.01 Å². The Kier molecular flexibility index (Phi) is 3.57. The van der Waals surface area contributed by atoms with Crippen molar-refractivity contribution in [1.82, 2.24) is 4.98 Å². The summed E-state index contributed by atoms with van der Waals surface area (Å²) >= 11 is 1.40. The highest BCUT2D eigenvalue weighted by atomic mass is 32.1. The third-order valence-corrected chi connectivity index (χ3v) is 3.59. The van der Waals surface area contributed by atoms with E-state index in [4.69, 9.17) is 10.2 Å². The Bertz CT molecular complexity index is 560. The fourth-order valence-electron chi connectivity index (χ4n) is 1.68. The summed E-state index contributed by atoms with van der Waals surface area (Å²) < 4.78 is 0.979. The lowest BCUT2D eigenvalue weighted by Gasteiger charge is -2.06. The number of carboxylic acid groups (broad SMARTS) is 2. The van der Waals surface area contributed by atoms with Crippen LogP contribution in [0, 0.1) is 5.92 Å². The van der Waals surface area contributed by atoms with Crippen LogP contribution in [0.25, 0.3) is 10.2 Å². The fourth-order valence-corrected chi connectivity index (χ4v) is 2.72. The molecule has 0 saturated carbocycles. The Balaban J connectivity index is 2.20. The lowest BCUT2D eigenvalue weighted by Crippen LogP contribution is -2.20. The maximum atomic E-state index is 11.0. The molecule has 1 unspecified atom stereocenters. The molecule has 0 aliphatic rings. The lowest BCUT2D eigenvalue weighted by molar-refractivity contribution is -0.148. The van der Waals surface area contributed by atoms with Gasteiger partial charge in [-0.25, -0.2) is 4.98 Å². The van der Waals surface area contributed by atoms with Crippen molar-refractivity contribution < 1.29 is 19.8 Å². The molecule has 0 spiro atoms. The first-order valence-corrected chi connectivity index (χ1v) is 6.17. The van der Waals surface area contributed by atoms with E-state index in [1.54, 1.807) is 0 Å². The highest BCUT2D eigenvalue weighted by Crippen LogP contribution is 2.24. The van der Waals surface area contributed by atoms with Gasteiger partial charge in [-0.05, 0) is 12.1 Å². The van der Waals surface area contributed by atoms with E-state index in [1.165, 1.54) is 11.3 Å². The van der Waals surface area contributed by atoms with Crippen LogP contribution in [-0.2, 0) is 16.0 Å². The number of fused-ring (bicyclic) bond motifs is 1. The molecule has 2 N–H and O–H groups in total. The molecule has 18 heavy (non-hydrogen) atoms. The molecule has 0 aliphatic heterocycles. The Morgan fingerprint density at radius 3 is 2.61 bits per heavy atom. The Morgan fingerprint density at radius 2 is 2.00 bits per heavy atom. The smallest absolute Gasteiger partial charge is 0.307 e. The molecule has 0 amide bonds. The van der Waals surface area contributed by atoms with Gasteiger partial charge in [0.25, 0.3) is 0 Å². The number of rotatable bonds is 5. The van der Waals surface area contributed by atoms with Gasteiger partial charge in [-0.1, -0.05) is 12.1 Å². The number of carboxylic acids is 2. The van der Waals surface area contributed by atoms with E-state index in [0.717, 1.165) is 10.2 Å². The molecule has 0 bridgehead atoms. The first-order chi connectivity index (χ1) is 8.56. The number of carbonyl (C=O) groups is 2. The van der Waals surface area contributed by atoms with E-state index in [2.05, 4.69) is 4.98 Å². The van der Waals surface area contributed by atoms with Gasteiger partial charge in [-0.15, -0.1) is 11.3 Å². The van der Waals surface area contributed by atoms with E-state index >= 15 is 0 Å². The standard InChI is InChI=1S/C12H11NO4S/c14-11(15)6-7(12(16)17)5-10-13-8-3-1-2-4-9(8)18-10/h1-4,7H,5-6H2,(H,14,15)(H,16,17). The normalized spacial score (nSPS) is 12.4. The summed E-state index contributed by atoms with van der Waals surface area (Å²) in [6, 6.07) is 7.50. The third-order valence-electron chi connectivity index (χ3n) is 2.53. The summed E-state index contributed by atoms with van der Waals surface area (Å²) in [6.45, 7) is 0. The number of benzene rings is 1. The molecular weight excluding hydrogens is 254 g/mol. The monoisotopic (exact) mass is 265 g/mol. The zero-order valence-electron chi connectivity index (χ0n) is 9.37. The molecular formula is C12H11NO4S. The number of aliphatic carboxylic acids is 2. The van der Waals surface area contributed by atoms with Crippen LogP contribution in [0.2, 0.25) is 0 Å². The molecule has 2 aromatic rings. The van der Waals surface area contributed by atoms with Gasteiger partial charge in [0.1, 0.15) is 0 Å². The van der Waals surface area contributed by atoms with E-state index in [-0.39, 0.29) is 12.8 Å². The number of aromatic nitrogens is 1. The number of para-hydroxylation sites is 1. The lowest BCUT2D eigenvalue weighted by atomic mass is 10.0. The molecule has 6 heteroatoms. The minimum atomic E-state index is -1.11. The van der Waals surface area contributed by atoms with E-state index < -0.39 is 17.9 Å². The van der Waals surface area contributed by atoms with Crippen molar-refractivity contribution >= 4 is 33.5 Å². The fraction of sp³-hybridized carbons (Fsp3) is 0.250. The molecule has 5 nitrogen and oxygen atoms in total. The zero-order valence-corrected chi connectivity index (χ0v) is 10.2. The van der Waals surface area contributed by atoms with Gasteiger partial charge >= 0.3 is 11.9 Å². The second-order valence-electron chi connectivity index (χ2n) is 3.91. The Hall–Kier alpha value is -1.95. The van der Waals surface area contributed by atoms with Crippen LogP contribution < -0.4 is 0 Å². The molecule has 0 aliphatic carbocycles. The summed E-state index contributed by atoms with van der Waals surface area (Å²) in [6.07, 6.45) is -0.230. The molecule has 2 rings (SSSR count). The van der Waals surface area contributed by atoms with Gasteiger partial charge in [0.15, 0.2) is 0 Å². The average molecular weight is 265 g/mol. The van der Waals surface area contributed by atoms with E-state index in [1.807, 2.05) is 24.3 Å². The topological polar surface area (TPSA) is 87.5 Å². The predicted octanol–water partition coefficient (Wildman–Crippen LogP) is 2.01. The number of hydrogen-bond donors (Lipinski definition) is 2. The highest BCUT2D eigenvalue weighted by Gasteiger charge is 2.22. The maximum absolute atomic E-state index is 11.0. The largest absolute Gasteiger partial charge is 0.481 e. The van der Waals surface area contributed by atoms with Gasteiger partial charge in [0, 0.05) is 6.42 Å². The van der Waals surface area contributed by atoms with Crippen molar-refractivity contribution in [3.05, 3.63) is 29.3 Å². The van der Waals surface area contributed by atoms with E-state index in [9.17, 15) is 9.59 Å². The number of nitrogens with zero attached hydrogens (tertiary/aromatic N) is 1. The third kappa shape index (κ3) is 2.84. The SMILES string of the molecule is O=C(O)CC(Cc1nc2ccccc2s1)C(=O)O. The summed E-state index contributed by atoms with van der Waals surface area (Å²) in [4.78, 5) is 25.9. The first-order valence-electron chi connectivity index (χ1n) is 5.35. The minimum Gasteiger partial charge on any atom is -0.481 e. The zero-order chi connectivity index (χ0) is 13.1. The van der Waals surface area contributed by atoms with Crippen LogP contribution in [0.3, 0.4) is 0 Å². The Labute approximate surface area is 107 Å². The average Bonchev–Trinajstić information content (AvgIpc) is 2.69. The summed E-state index contributed by atoms with van der Waals surface area (Å²) in [7, 11) is 0. The van der Waals surface area contributed by atoms with Crippen molar-refractivity contribution in [2.45, 2.75) is 12.8 Å². The molecule has 1 heterocycles. The molecule has 0 fully saturated rings. The molecule has 0 saturated heterocycles. The molecule has 0 radical (unpaired) electrons. The van der Waals surface area contributed by atoms with Crippen LogP contribution in [0.4, 0.5) is 0 Å². The highest BCUT2D eigenvalue weighted by molar-refractivity contribution is 7.18. The van der Waals surface area contributed by atoms with Gasteiger partial charge < -0.3 is 10.2 Å². The molecule has 1 aromatic heterocycles.